The molecule has 0 radical (unpaired) electrons. The van der Waals surface area contributed by atoms with E-state index in [1.807, 2.05) is 34.9 Å². The molecule has 2 aromatic rings. The highest BCUT2D eigenvalue weighted by Gasteiger charge is 2.24. The number of rotatable bonds is 2. The standard InChI is InChI=1S/C16H19N3/c1-5-11-19-14(17)13(16(2,3)4)18-15(19)12-9-7-6-8-10-12/h1,6-10H,11,17H2,2-4H3. The fraction of sp³-hybridized carbons (Fsp3) is 0.312. The second-order valence-electron chi connectivity index (χ2n) is 5.58. The first-order chi connectivity index (χ1) is 8.95. The SMILES string of the molecule is C#CCn1c(-c2ccccc2)nc(C(C)(C)C)c1N. The van der Waals surface area contributed by atoms with Gasteiger partial charge >= 0.3 is 0 Å². The first-order valence-electron chi connectivity index (χ1n) is 6.30. The lowest BCUT2D eigenvalue weighted by atomic mass is 9.92. The Morgan fingerprint density at radius 3 is 2.42 bits per heavy atom. The van der Waals surface area contributed by atoms with Gasteiger partial charge in [-0.2, -0.15) is 0 Å². The van der Waals surface area contributed by atoms with Crippen LogP contribution in [0, 0.1) is 12.3 Å². The number of benzene rings is 1. The summed E-state index contributed by atoms with van der Waals surface area (Å²) in [7, 11) is 0. The molecule has 0 aliphatic carbocycles. The van der Waals surface area contributed by atoms with Gasteiger partial charge in [0.15, 0.2) is 0 Å². The predicted octanol–water partition coefficient (Wildman–Crippen LogP) is 3.06. The van der Waals surface area contributed by atoms with Crippen LogP contribution in [0.25, 0.3) is 11.4 Å². The highest BCUT2D eigenvalue weighted by molar-refractivity contribution is 5.61. The third-order valence-corrected chi connectivity index (χ3v) is 3.00. The molecule has 2 N–H and O–H groups in total. The number of nitrogens with two attached hydrogens (primary N) is 1. The monoisotopic (exact) mass is 253 g/mol. The average molecular weight is 253 g/mol. The van der Waals surface area contributed by atoms with Gasteiger partial charge in [0.2, 0.25) is 0 Å². The number of nitrogen functional groups attached to an aromatic ring is 1. The summed E-state index contributed by atoms with van der Waals surface area (Å²) in [5, 5.41) is 0. The molecular formula is C16H19N3. The first kappa shape index (κ1) is 13.2. The van der Waals surface area contributed by atoms with E-state index in [2.05, 4.69) is 26.7 Å². The normalized spacial score (nSPS) is 11.3. The maximum absolute atomic E-state index is 6.22. The minimum Gasteiger partial charge on any atom is -0.383 e. The van der Waals surface area contributed by atoms with E-state index in [1.54, 1.807) is 0 Å². The molecule has 3 nitrogen and oxygen atoms in total. The highest BCUT2D eigenvalue weighted by atomic mass is 15.1. The Bertz CT molecular complexity index is 610. The largest absolute Gasteiger partial charge is 0.383 e. The van der Waals surface area contributed by atoms with Crippen molar-refractivity contribution in [1.29, 1.82) is 0 Å². The highest BCUT2D eigenvalue weighted by Crippen LogP contribution is 2.31. The van der Waals surface area contributed by atoms with Crippen LogP contribution >= 0.6 is 0 Å². The number of nitrogens with zero attached hydrogens (tertiary/aromatic N) is 2. The molecule has 0 atom stereocenters. The molecule has 1 aromatic carbocycles. The van der Waals surface area contributed by atoms with Gasteiger partial charge in [0, 0.05) is 11.0 Å². The summed E-state index contributed by atoms with van der Waals surface area (Å²) < 4.78 is 1.90. The Hall–Kier alpha value is -2.21. The molecule has 0 fully saturated rings. The van der Waals surface area contributed by atoms with Gasteiger partial charge in [-0.05, 0) is 0 Å². The van der Waals surface area contributed by atoms with Crippen LogP contribution in [0.15, 0.2) is 30.3 Å². The van der Waals surface area contributed by atoms with E-state index in [-0.39, 0.29) is 5.41 Å². The van der Waals surface area contributed by atoms with E-state index in [1.165, 1.54) is 0 Å². The molecule has 2 rings (SSSR count). The van der Waals surface area contributed by atoms with Gasteiger partial charge in [-0.3, -0.25) is 4.57 Å². The molecule has 0 saturated heterocycles. The maximum atomic E-state index is 6.22. The number of anilines is 1. The topological polar surface area (TPSA) is 43.8 Å². The van der Waals surface area contributed by atoms with Crippen molar-refractivity contribution in [1.82, 2.24) is 9.55 Å². The van der Waals surface area contributed by atoms with Crippen molar-refractivity contribution in [2.24, 2.45) is 0 Å². The molecule has 0 aliphatic heterocycles. The molecule has 98 valence electrons. The molecule has 1 aromatic heterocycles. The summed E-state index contributed by atoms with van der Waals surface area (Å²) in [6.45, 7) is 6.72. The Morgan fingerprint density at radius 1 is 1.26 bits per heavy atom. The van der Waals surface area contributed by atoms with Crippen LogP contribution < -0.4 is 5.73 Å². The van der Waals surface area contributed by atoms with Crippen molar-refractivity contribution in [3.8, 4) is 23.7 Å². The molecule has 0 bridgehead atoms. The summed E-state index contributed by atoms with van der Waals surface area (Å²) in [6.07, 6.45) is 5.44. The average Bonchev–Trinajstić information content (AvgIpc) is 2.69. The van der Waals surface area contributed by atoms with Gasteiger partial charge < -0.3 is 5.73 Å². The van der Waals surface area contributed by atoms with E-state index in [4.69, 9.17) is 17.1 Å². The zero-order valence-corrected chi connectivity index (χ0v) is 11.6. The number of terminal acetylenes is 1. The van der Waals surface area contributed by atoms with Crippen LogP contribution in [0.3, 0.4) is 0 Å². The number of imidazole rings is 1. The van der Waals surface area contributed by atoms with Gasteiger partial charge in [-0.15, -0.1) is 6.42 Å². The van der Waals surface area contributed by atoms with Crippen LogP contribution in [0.5, 0.6) is 0 Å². The number of aromatic nitrogens is 2. The lowest BCUT2D eigenvalue weighted by Gasteiger charge is -2.16. The lowest BCUT2D eigenvalue weighted by molar-refractivity contribution is 0.574. The molecule has 0 unspecified atom stereocenters. The zero-order chi connectivity index (χ0) is 14.0. The van der Waals surface area contributed by atoms with E-state index < -0.39 is 0 Å². The Kier molecular flexibility index (Phi) is 3.35. The van der Waals surface area contributed by atoms with Crippen molar-refractivity contribution in [3.05, 3.63) is 36.0 Å². The Morgan fingerprint density at radius 2 is 1.89 bits per heavy atom. The van der Waals surface area contributed by atoms with E-state index in [0.29, 0.717) is 12.4 Å². The summed E-state index contributed by atoms with van der Waals surface area (Å²) in [5.41, 5.74) is 8.03. The predicted molar refractivity (Wildman–Crippen MR) is 79.6 cm³/mol. The van der Waals surface area contributed by atoms with Crippen molar-refractivity contribution >= 4 is 5.82 Å². The van der Waals surface area contributed by atoms with Crippen LogP contribution in [0.4, 0.5) is 5.82 Å². The van der Waals surface area contributed by atoms with E-state index in [0.717, 1.165) is 17.1 Å². The van der Waals surface area contributed by atoms with Crippen LogP contribution in [0.1, 0.15) is 26.5 Å². The molecular weight excluding hydrogens is 234 g/mol. The fourth-order valence-electron chi connectivity index (χ4n) is 2.08. The van der Waals surface area contributed by atoms with Gasteiger partial charge in [-0.25, -0.2) is 4.98 Å². The van der Waals surface area contributed by atoms with Crippen LogP contribution in [-0.4, -0.2) is 9.55 Å². The van der Waals surface area contributed by atoms with Crippen molar-refractivity contribution in [2.75, 3.05) is 5.73 Å². The fourth-order valence-corrected chi connectivity index (χ4v) is 2.08. The third kappa shape index (κ3) is 2.48. The molecule has 0 aliphatic rings. The Labute approximate surface area is 114 Å². The Balaban J connectivity index is 2.64. The quantitative estimate of drug-likeness (QED) is 0.836. The lowest BCUT2D eigenvalue weighted by Crippen LogP contribution is -2.15. The molecule has 1 heterocycles. The van der Waals surface area contributed by atoms with E-state index >= 15 is 0 Å². The van der Waals surface area contributed by atoms with Gasteiger partial charge in [0.25, 0.3) is 0 Å². The van der Waals surface area contributed by atoms with Crippen LogP contribution in [0.2, 0.25) is 0 Å². The number of hydrogen-bond donors (Lipinski definition) is 1. The smallest absolute Gasteiger partial charge is 0.142 e. The second-order valence-corrected chi connectivity index (χ2v) is 5.58. The van der Waals surface area contributed by atoms with Gasteiger partial charge in [0.1, 0.15) is 11.6 Å². The second kappa shape index (κ2) is 4.81. The summed E-state index contributed by atoms with van der Waals surface area (Å²) in [6, 6.07) is 9.98. The van der Waals surface area contributed by atoms with Gasteiger partial charge in [-0.1, -0.05) is 57.0 Å². The van der Waals surface area contributed by atoms with Crippen LogP contribution in [-0.2, 0) is 12.0 Å². The maximum Gasteiger partial charge on any atom is 0.142 e. The third-order valence-electron chi connectivity index (χ3n) is 3.00. The molecule has 0 saturated carbocycles. The minimum atomic E-state index is -0.104. The summed E-state index contributed by atoms with van der Waals surface area (Å²) in [4.78, 5) is 4.71. The molecule has 0 amide bonds. The van der Waals surface area contributed by atoms with Gasteiger partial charge in [0.05, 0.1) is 12.2 Å². The summed E-state index contributed by atoms with van der Waals surface area (Å²) >= 11 is 0. The number of hydrogen-bond acceptors (Lipinski definition) is 2. The minimum absolute atomic E-state index is 0.104. The first-order valence-corrected chi connectivity index (χ1v) is 6.30. The molecule has 3 heteroatoms. The van der Waals surface area contributed by atoms with Crippen molar-refractivity contribution < 1.29 is 0 Å². The zero-order valence-electron chi connectivity index (χ0n) is 11.6. The van der Waals surface area contributed by atoms with Crippen molar-refractivity contribution in [3.63, 3.8) is 0 Å². The summed E-state index contributed by atoms with van der Waals surface area (Å²) in [5.74, 6) is 4.13. The van der Waals surface area contributed by atoms with E-state index in [9.17, 15) is 0 Å². The molecule has 19 heavy (non-hydrogen) atoms. The van der Waals surface area contributed by atoms with Crippen molar-refractivity contribution in [2.45, 2.75) is 32.7 Å². The molecule has 0 spiro atoms.